The third-order valence-corrected chi connectivity index (χ3v) is 9.14. The van der Waals surface area contributed by atoms with Crippen LogP contribution in [0, 0.1) is 13.8 Å². The molecule has 0 spiro atoms. The molecule has 4 rings (SSSR count). The summed E-state index contributed by atoms with van der Waals surface area (Å²) in [5.41, 5.74) is 3.68. The summed E-state index contributed by atoms with van der Waals surface area (Å²) in [6, 6.07) is 29.0. The Bertz CT molecular complexity index is 1690. The highest BCUT2D eigenvalue weighted by molar-refractivity contribution is 7.92. The van der Waals surface area contributed by atoms with Crippen LogP contribution in [0.25, 0.3) is 0 Å². The summed E-state index contributed by atoms with van der Waals surface area (Å²) in [6.45, 7) is 6.98. The van der Waals surface area contributed by atoms with Crippen molar-refractivity contribution in [3.63, 3.8) is 0 Å². The minimum Gasteiger partial charge on any atom is -0.352 e. The summed E-state index contributed by atoms with van der Waals surface area (Å²) in [5, 5.41) is 3.45. The van der Waals surface area contributed by atoms with Crippen molar-refractivity contribution >= 4 is 39.1 Å². The molecule has 4 aromatic rings. The number of carbonyl (C=O) groups is 2. The predicted molar refractivity (Wildman–Crippen MR) is 176 cm³/mol. The Morgan fingerprint density at radius 1 is 0.795 bits per heavy atom. The van der Waals surface area contributed by atoms with E-state index in [1.165, 1.54) is 17.0 Å². The monoisotopic (exact) mass is 631 g/mol. The summed E-state index contributed by atoms with van der Waals surface area (Å²) in [6.07, 6.45) is 0.237. The molecule has 0 heterocycles. The molecule has 0 aliphatic heterocycles. The van der Waals surface area contributed by atoms with E-state index < -0.39 is 28.5 Å². The first-order chi connectivity index (χ1) is 20.9. The van der Waals surface area contributed by atoms with Gasteiger partial charge in [0.15, 0.2) is 0 Å². The van der Waals surface area contributed by atoms with E-state index in [2.05, 4.69) is 5.32 Å². The normalized spacial score (nSPS) is 12.0. The van der Waals surface area contributed by atoms with E-state index >= 15 is 0 Å². The van der Waals surface area contributed by atoms with Crippen LogP contribution in [0.5, 0.6) is 0 Å². The lowest BCUT2D eigenvalue weighted by Crippen LogP contribution is -2.54. The predicted octanol–water partition coefficient (Wildman–Crippen LogP) is 6.32. The molecular formula is C35H38ClN3O4S. The fraction of sp³-hybridized carbons (Fsp3) is 0.257. The van der Waals surface area contributed by atoms with Gasteiger partial charge in [-0.2, -0.15) is 0 Å². The zero-order valence-corrected chi connectivity index (χ0v) is 27.0. The average molecular weight is 632 g/mol. The molecule has 0 fully saturated rings. The van der Waals surface area contributed by atoms with E-state index in [1.54, 1.807) is 48.5 Å². The van der Waals surface area contributed by atoms with Crippen LogP contribution in [0.2, 0.25) is 5.02 Å². The third-order valence-electron chi connectivity index (χ3n) is 7.12. The first kappa shape index (κ1) is 32.8. The van der Waals surface area contributed by atoms with E-state index in [4.69, 9.17) is 11.6 Å². The highest BCUT2D eigenvalue weighted by Gasteiger charge is 2.35. The Labute approximate surface area is 265 Å². The molecule has 44 heavy (non-hydrogen) atoms. The Hall–Kier alpha value is -4.14. The minimum atomic E-state index is -4.16. The van der Waals surface area contributed by atoms with Crippen LogP contribution in [-0.2, 0) is 32.6 Å². The van der Waals surface area contributed by atoms with Gasteiger partial charge in [-0.05, 0) is 80.8 Å². The van der Waals surface area contributed by atoms with Crippen molar-refractivity contribution in [3.05, 3.63) is 130 Å². The number of halogens is 1. The van der Waals surface area contributed by atoms with Gasteiger partial charge in [-0.1, -0.05) is 83.9 Å². The standard InChI is InChI=1S/C35H38ClN3O4S/c1-25(2)37-35(41)33(22-28-11-6-5-7-12-28)38(23-29-13-9-14-30(36)21-29)34(40)24-39(31-15-8-10-27(4)20-31)44(42,43)32-18-16-26(3)17-19-32/h5-21,25,33H,22-24H2,1-4H3,(H,37,41). The maximum absolute atomic E-state index is 14.5. The van der Waals surface area contributed by atoms with Crippen molar-refractivity contribution in [2.24, 2.45) is 0 Å². The summed E-state index contributed by atoms with van der Waals surface area (Å²) in [5.74, 6) is -0.857. The van der Waals surface area contributed by atoms with Gasteiger partial charge in [0, 0.05) is 24.0 Å². The molecular weight excluding hydrogens is 594 g/mol. The second kappa shape index (κ2) is 14.6. The van der Waals surface area contributed by atoms with Gasteiger partial charge in [0.2, 0.25) is 11.8 Å². The zero-order valence-electron chi connectivity index (χ0n) is 25.4. The van der Waals surface area contributed by atoms with Gasteiger partial charge in [0.05, 0.1) is 10.6 Å². The van der Waals surface area contributed by atoms with Crippen molar-refractivity contribution in [3.8, 4) is 0 Å². The van der Waals surface area contributed by atoms with Crippen molar-refractivity contribution in [1.29, 1.82) is 0 Å². The van der Waals surface area contributed by atoms with Crippen LogP contribution in [0.3, 0.4) is 0 Å². The van der Waals surface area contributed by atoms with E-state index in [-0.39, 0.29) is 29.8 Å². The van der Waals surface area contributed by atoms with Gasteiger partial charge < -0.3 is 10.2 Å². The minimum absolute atomic E-state index is 0.0502. The molecule has 0 saturated carbocycles. The number of nitrogens with zero attached hydrogens (tertiary/aromatic N) is 2. The van der Waals surface area contributed by atoms with Gasteiger partial charge in [-0.3, -0.25) is 13.9 Å². The van der Waals surface area contributed by atoms with Crippen LogP contribution in [-0.4, -0.2) is 43.8 Å². The Kier molecular flexibility index (Phi) is 10.8. The van der Waals surface area contributed by atoms with E-state index in [1.807, 2.05) is 70.2 Å². The molecule has 7 nitrogen and oxygen atoms in total. The van der Waals surface area contributed by atoms with Crippen LogP contribution < -0.4 is 9.62 Å². The van der Waals surface area contributed by atoms with Gasteiger partial charge in [-0.25, -0.2) is 8.42 Å². The van der Waals surface area contributed by atoms with Gasteiger partial charge >= 0.3 is 0 Å². The first-order valence-electron chi connectivity index (χ1n) is 14.5. The molecule has 1 N–H and O–H groups in total. The number of aryl methyl sites for hydroxylation is 2. The molecule has 1 atom stereocenters. The van der Waals surface area contributed by atoms with Crippen LogP contribution in [0.15, 0.2) is 108 Å². The highest BCUT2D eigenvalue weighted by Crippen LogP contribution is 2.26. The van der Waals surface area contributed by atoms with E-state index in [0.717, 1.165) is 21.0 Å². The van der Waals surface area contributed by atoms with Crippen molar-refractivity contribution in [2.75, 3.05) is 10.8 Å². The fourth-order valence-electron chi connectivity index (χ4n) is 4.92. The zero-order chi connectivity index (χ0) is 31.9. The molecule has 0 aliphatic rings. The summed E-state index contributed by atoms with van der Waals surface area (Å²) in [7, 11) is -4.16. The van der Waals surface area contributed by atoms with Gasteiger partial charge in [0.25, 0.3) is 10.0 Å². The molecule has 0 saturated heterocycles. The van der Waals surface area contributed by atoms with Crippen LogP contribution in [0.1, 0.15) is 36.1 Å². The number of benzene rings is 4. The maximum atomic E-state index is 14.5. The van der Waals surface area contributed by atoms with Crippen molar-refractivity contribution < 1.29 is 18.0 Å². The second-order valence-corrected chi connectivity index (χ2v) is 13.5. The Balaban J connectivity index is 1.81. The SMILES string of the molecule is Cc1ccc(S(=O)(=O)N(CC(=O)N(Cc2cccc(Cl)c2)C(Cc2ccccc2)C(=O)NC(C)C)c2cccc(C)c2)cc1. The lowest BCUT2D eigenvalue weighted by atomic mass is 10.0. The fourth-order valence-corrected chi connectivity index (χ4v) is 6.53. The second-order valence-electron chi connectivity index (χ2n) is 11.2. The molecule has 4 aromatic carbocycles. The van der Waals surface area contributed by atoms with E-state index in [0.29, 0.717) is 16.3 Å². The number of carbonyl (C=O) groups excluding carboxylic acids is 2. The number of sulfonamides is 1. The van der Waals surface area contributed by atoms with Crippen molar-refractivity contribution in [2.45, 2.75) is 57.6 Å². The summed E-state index contributed by atoms with van der Waals surface area (Å²) in [4.78, 5) is 29.7. The topological polar surface area (TPSA) is 86.8 Å². The molecule has 2 amide bonds. The number of anilines is 1. The van der Waals surface area contributed by atoms with E-state index in [9.17, 15) is 18.0 Å². The molecule has 0 aliphatic carbocycles. The lowest BCUT2D eigenvalue weighted by Gasteiger charge is -2.34. The van der Waals surface area contributed by atoms with Crippen LogP contribution >= 0.6 is 11.6 Å². The molecule has 0 bridgehead atoms. The highest BCUT2D eigenvalue weighted by atomic mass is 35.5. The van der Waals surface area contributed by atoms with Crippen LogP contribution in [0.4, 0.5) is 5.69 Å². The largest absolute Gasteiger partial charge is 0.352 e. The Morgan fingerprint density at radius 3 is 2.09 bits per heavy atom. The smallest absolute Gasteiger partial charge is 0.264 e. The molecule has 1 unspecified atom stereocenters. The molecule has 9 heteroatoms. The number of amides is 2. The van der Waals surface area contributed by atoms with Crippen molar-refractivity contribution in [1.82, 2.24) is 10.2 Å². The van der Waals surface area contributed by atoms with Gasteiger partial charge in [0.1, 0.15) is 12.6 Å². The average Bonchev–Trinajstić information content (AvgIpc) is 2.98. The number of hydrogen-bond acceptors (Lipinski definition) is 4. The number of rotatable bonds is 12. The maximum Gasteiger partial charge on any atom is 0.264 e. The molecule has 0 radical (unpaired) electrons. The number of nitrogens with one attached hydrogen (secondary N) is 1. The van der Waals surface area contributed by atoms with Gasteiger partial charge in [-0.15, -0.1) is 0 Å². The summed E-state index contributed by atoms with van der Waals surface area (Å²) < 4.78 is 29.4. The Morgan fingerprint density at radius 2 is 1.45 bits per heavy atom. The number of hydrogen-bond donors (Lipinski definition) is 1. The third kappa shape index (κ3) is 8.49. The quantitative estimate of drug-likeness (QED) is 0.198. The molecule has 0 aromatic heterocycles. The summed E-state index contributed by atoms with van der Waals surface area (Å²) >= 11 is 6.30. The first-order valence-corrected chi connectivity index (χ1v) is 16.3. The lowest BCUT2D eigenvalue weighted by molar-refractivity contribution is -0.140. The molecule has 230 valence electrons.